The van der Waals surface area contributed by atoms with E-state index in [1.807, 2.05) is 0 Å². The summed E-state index contributed by atoms with van der Waals surface area (Å²) >= 11 is 0. The van der Waals surface area contributed by atoms with Crippen LogP contribution in [0.2, 0.25) is 0 Å². The van der Waals surface area contributed by atoms with Crippen molar-refractivity contribution in [1.82, 2.24) is 0 Å². The molecule has 0 N–H and O–H groups in total. The number of ether oxygens (including phenoxy) is 3. The lowest BCUT2D eigenvalue weighted by molar-refractivity contribution is -0.158. The minimum absolute atomic E-state index is 0.0578. The molecule has 1 rings (SSSR count). The lowest BCUT2D eigenvalue weighted by atomic mass is 10.0. The smallest absolute Gasteiger partial charge is 0.330 e. The Bertz CT molecular complexity index is 289. The standard InChI is InChI=1S/C12H16O5/c1-3-10(13)15-8-12(6-5-7-17-12)9-16-11(14)4-2/h3-4H,1-2,5-9H2. The Labute approximate surface area is 100 Å². The van der Waals surface area contributed by atoms with E-state index in [0.717, 1.165) is 18.6 Å². The van der Waals surface area contributed by atoms with E-state index in [0.29, 0.717) is 13.0 Å². The lowest BCUT2D eigenvalue weighted by Gasteiger charge is -2.26. The van der Waals surface area contributed by atoms with Crippen LogP contribution in [0.25, 0.3) is 0 Å². The van der Waals surface area contributed by atoms with Gasteiger partial charge in [0, 0.05) is 18.8 Å². The summed E-state index contributed by atoms with van der Waals surface area (Å²) in [7, 11) is 0. The van der Waals surface area contributed by atoms with E-state index in [1.54, 1.807) is 0 Å². The highest BCUT2D eigenvalue weighted by Gasteiger charge is 2.38. The zero-order valence-electron chi connectivity index (χ0n) is 9.65. The molecule has 0 amide bonds. The molecule has 1 heterocycles. The third-order valence-electron chi connectivity index (χ3n) is 2.47. The van der Waals surface area contributed by atoms with Crippen LogP contribution in [-0.4, -0.2) is 37.4 Å². The Balaban J connectivity index is 2.50. The molecule has 0 bridgehead atoms. The van der Waals surface area contributed by atoms with Crippen molar-refractivity contribution < 1.29 is 23.8 Å². The average molecular weight is 240 g/mol. The first kappa shape index (κ1) is 13.4. The SMILES string of the molecule is C=CC(=O)OCC1(COC(=O)C=C)CCCO1. The normalized spacial score (nSPS) is 17.2. The Morgan fingerprint density at radius 1 is 1.18 bits per heavy atom. The molecule has 17 heavy (non-hydrogen) atoms. The molecule has 5 heteroatoms. The van der Waals surface area contributed by atoms with Gasteiger partial charge < -0.3 is 14.2 Å². The Morgan fingerprint density at radius 3 is 2.06 bits per heavy atom. The van der Waals surface area contributed by atoms with Gasteiger partial charge in [-0.1, -0.05) is 13.2 Å². The number of esters is 2. The molecule has 0 unspecified atom stereocenters. The van der Waals surface area contributed by atoms with Crippen LogP contribution in [0.15, 0.2) is 25.3 Å². The molecule has 0 atom stereocenters. The maximum absolute atomic E-state index is 11.0. The van der Waals surface area contributed by atoms with Gasteiger partial charge in [-0.25, -0.2) is 9.59 Å². The van der Waals surface area contributed by atoms with E-state index in [2.05, 4.69) is 13.2 Å². The minimum Gasteiger partial charge on any atom is -0.459 e. The van der Waals surface area contributed by atoms with E-state index >= 15 is 0 Å². The summed E-state index contributed by atoms with van der Waals surface area (Å²) in [5.74, 6) is -1.04. The zero-order valence-corrected chi connectivity index (χ0v) is 9.65. The molecule has 5 nitrogen and oxygen atoms in total. The van der Waals surface area contributed by atoms with Gasteiger partial charge in [-0.3, -0.25) is 0 Å². The van der Waals surface area contributed by atoms with Crippen molar-refractivity contribution in [1.29, 1.82) is 0 Å². The highest BCUT2D eigenvalue weighted by atomic mass is 16.6. The summed E-state index contributed by atoms with van der Waals surface area (Å²) in [5, 5.41) is 0. The fourth-order valence-electron chi connectivity index (χ4n) is 1.55. The van der Waals surface area contributed by atoms with Crippen LogP contribution in [0.5, 0.6) is 0 Å². The topological polar surface area (TPSA) is 61.8 Å². The second-order valence-corrected chi connectivity index (χ2v) is 3.76. The monoisotopic (exact) mass is 240 g/mol. The van der Waals surface area contributed by atoms with E-state index in [9.17, 15) is 9.59 Å². The number of carbonyl (C=O) groups excluding carboxylic acids is 2. The minimum atomic E-state index is -0.725. The largest absolute Gasteiger partial charge is 0.459 e. The molecular weight excluding hydrogens is 224 g/mol. The maximum atomic E-state index is 11.0. The van der Waals surface area contributed by atoms with Crippen molar-refractivity contribution in [3.05, 3.63) is 25.3 Å². The van der Waals surface area contributed by atoms with Crippen LogP contribution in [-0.2, 0) is 23.8 Å². The van der Waals surface area contributed by atoms with Crippen molar-refractivity contribution >= 4 is 11.9 Å². The molecule has 0 saturated carbocycles. The van der Waals surface area contributed by atoms with Gasteiger partial charge in [-0.2, -0.15) is 0 Å². The first-order chi connectivity index (χ1) is 8.12. The zero-order chi connectivity index (χ0) is 12.7. The molecular formula is C12H16O5. The highest BCUT2D eigenvalue weighted by molar-refractivity contribution is 5.81. The van der Waals surface area contributed by atoms with E-state index in [4.69, 9.17) is 14.2 Å². The molecule has 0 aromatic carbocycles. The predicted octanol–water partition coefficient (Wildman–Crippen LogP) is 0.994. The Morgan fingerprint density at radius 2 is 1.71 bits per heavy atom. The fraction of sp³-hybridized carbons (Fsp3) is 0.500. The van der Waals surface area contributed by atoms with Gasteiger partial charge in [-0.15, -0.1) is 0 Å². The van der Waals surface area contributed by atoms with Crippen LogP contribution >= 0.6 is 0 Å². The van der Waals surface area contributed by atoms with E-state index in [-0.39, 0.29) is 13.2 Å². The van der Waals surface area contributed by atoms with E-state index < -0.39 is 17.5 Å². The second-order valence-electron chi connectivity index (χ2n) is 3.76. The molecule has 1 fully saturated rings. The average Bonchev–Trinajstić information content (AvgIpc) is 2.82. The van der Waals surface area contributed by atoms with Gasteiger partial charge in [0.05, 0.1) is 0 Å². The Kier molecular flexibility index (Phi) is 4.90. The number of hydrogen-bond donors (Lipinski definition) is 0. The quantitative estimate of drug-likeness (QED) is 0.512. The van der Waals surface area contributed by atoms with Gasteiger partial charge in [0.1, 0.15) is 18.8 Å². The van der Waals surface area contributed by atoms with Gasteiger partial charge in [0.2, 0.25) is 0 Å². The maximum Gasteiger partial charge on any atom is 0.330 e. The van der Waals surface area contributed by atoms with Crippen molar-refractivity contribution in [2.24, 2.45) is 0 Å². The molecule has 94 valence electrons. The molecule has 1 aliphatic rings. The van der Waals surface area contributed by atoms with Crippen LogP contribution in [0.3, 0.4) is 0 Å². The first-order valence-corrected chi connectivity index (χ1v) is 5.34. The van der Waals surface area contributed by atoms with Crippen LogP contribution < -0.4 is 0 Å². The summed E-state index contributed by atoms with van der Waals surface area (Å²) in [6.07, 6.45) is 3.69. The van der Waals surface area contributed by atoms with Crippen molar-refractivity contribution in [2.75, 3.05) is 19.8 Å². The van der Waals surface area contributed by atoms with Crippen molar-refractivity contribution in [2.45, 2.75) is 18.4 Å². The summed E-state index contributed by atoms with van der Waals surface area (Å²) in [6, 6.07) is 0. The summed E-state index contributed by atoms with van der Waals surface area (Å²) in [4.78, 5) is 22.0. The van der Waals surface area contributed by atoms with Gasteiger partial charge in [-0.05, 0) is 12.8 Å². The summed E-state index contributed by atoms with van der Waals surface area (Å²) in [5.41, 5.74) is -0.725. The van der Waals surface area contributed by atoms with Crippen molar-refractivity contribution in [3.8, 4) is 0 Å². The van der Waals surface area contributed by atoms with Crippen molar-refractivity contribution in [3.63, 3.8) is 0 Å². The lowest BCUT2D eigenvalue weighted by Crippen LogP contribution is -2.40. The Hall–Kier alpha value is -1.62. The third-order valence-corrected chi connectivity index (χ3v) is 2.47. The predicted molar refractivity (Wildman–Crippen MR) is 60.2 cm³/mol. The van der Waals surface area contributed by atoms with E-state index in [1.165, 1.54) is 0 Å². The molecule has 0 spiro atoms. The molecule has 0 aromatic heterocycles. The molecule has 1 aliphatic heterocycles. The fourth-order valence-corrected chi connectivity index (χ4v) is 1.55. The second kappa shape index (κ2) is 6.20. The molecule has 1 saturated heterocycles. The molecule has 0 aromatic rings. The first-order valence-electron chi connectivity index (χ1n) is 5.34. The van der Waals surface area contributed by atoms with Gasteiger partial charge in [0.25, 0.3) is 0 Å². The van der Waals surface area contributed by atoms with Gasteiger partial charge >= 0.3 is 11.9 Å². The molecule has 0 aliphatic carbocycles. The van der Waals surface area contributed by atoms with Crippen LogP contribution in [0, 0.1) is 0 Å². The van der Waals surface area contributed by atoms with Crippen LogP contribution in [0.4, 0.5) is 0 Å². The summed E-state index contributed by atoms with van der Waals surface area (Å²) < 4.78 is 15.4. The van der Waals surface area contributed by atoms with Gasteiger partial charge in [0.15, 0.2) is 0 Å². The molecule has 0 radical (unpaired) electrons. The third kappa shape index (κ3) is 4.03. The number of hydrogen-bond acceptors (Lipinski definition) is 5. The number of carbonyl (C=O) groups is 2. The number of rotatable bonds is 6. The van der Waals surface area contributed by atoms with Crippen LogP contribution in [0.1, 0.15) is 12.8 Å². The summed E-state index contributed by atoms with van der Waals surface area (Å²) in [6.45, 7) is 7.29. The highest BCUT2D eigenvalue weighted by Crippen LogP contribution is 2.26.